The summed E-state index contributed by atoms with van der Waals surface area (Å²) in [5.41, 5.74) is -0.126. The molecule has 0 aliphatic carbocycles. The van der Waals surface area contributed by atoms with Gasteiger partial charge in [-0.3, -0.25) is 9.78 Å². The van der Waals surface area contributed by atoms with E-state index in [0.717, 1.165) is 0 Å². The topological polar surface area (TPSA) is 49.0 Å². The van der Waals surface area contributed by atoms with Crippen LogP contribution in [0.25, 0.3) is 0 Å². The van der Waals surface area contributed by atoms with E-state index in [-0.39, 0.29) is 5.56 Å². The van der Waals surface area contributed by atoms with E-state index in [1.54, 1.807) is 4.90 Å². The molecule has 0 saturated carbocycles. The van der Waals surface area contributed by atoms with Crippen molar-refractivity contribution in [3.63, 3.8) is 0 Å². The molecule has 1 N–H and O–H groups in total. The van der Waals surface area contributed by atoms with Crippen molar-refractivity contribution in [3.8, 4) is 0 Å². The van der Waals surface area contributed by atoms with Crippen LogP contribution in [0.5, 0.6) is 0 Å². The quantitative estimate of drug-likeness (QED) is 0.588. The van der Waals surface area contributed by atoms with Crippen LogP contribution in [0, 0.1) is 0 Å². The van der Waals surface area contributed by atoms with Crippen LogP contribution in [0.4, 0.5) is 5.95 Å². The summed E-state index contributed by atoms with van der Waals surface area (Å²) in [4.78, 5) is 18.9. The fourth-order valence-corrected chi connectivity index (χ4v) is 0.587. The van der Waals surface area contributed by atoms with Crippen LogP contribution in [-0.2, 0) is 0 Å². The minimum absolute atomic E-state index is 0.126. The van der Waals surface area contributed by atoms with Crippen molar-refractivity contribution < 1.29 is 0 Å². The number of anilines is 1. The molecule has 54 valence electrons. The molecule has 0 unspecified atom stereocenters. The van der Waals surface area contributed by atoms with Crippen molar-refractivity contribution >= 4 is 5.95 Å². The highest BCUT2D eigenvalue weighted by molar-refractivity contribution is 5.24. The third kappa shape index (κ3) is 1.34. The Bertz CT molecular complexity index is 266. The Labute approximate surface area is 58.5 Å². The number of H-pyrrole nitrogens is 1. The van der Waals surface area contributed by atoms with Crippen LogP contribution < -0.4 is 10.5 Å². The van der Waals surface area contributed by atoms with Gasteiger partial charge in [0.25, 0.3) is 5.56 Å². The molecule has 0 atom stereocenters. The Balaban J connectivity index is 3.07. The molecule has 4 heteroatoms. The largest absolute Gasteiger partial charge is 0.348 e. The van der Waals surface area contributed by atoms with Gasteiger partial charge in [-0.15, -0.1) is 0 Å². The summed E-state index contributed by atoms with van der Waals surface area (Å²) in [6.07, 6.45) is 1.48. The summed E-state index contributed by atoms with van der Waals surface area (Å²) < 4.78 is 0. The van der Waals surface area contributed by atoms with Crippen molar-refractivity contribution in [2.24, 2.45) is 0 Å². The molecule has 0 saturated heterocycles. The van der Waals surface area contributed by atoms with E-state index in [0.29, 0.717) is 5.95 Å². The number of aromatic nitrogens is 2. The number of hydrogen-bond donors (Lipinski definition) is 1. The monoisotopic (exact) mass is 139 g/mol. The molecule has 0 aliphatic heterocycles. The predicted molar refractivity (Wildman–Crippen MR) is 39.2 cm³/mol. The number of rotatable bonds is 1. The highest BCUT2D eigenvalue weighted by atomic mass is 16.1. The summed E-state index contributed by atoms with van der Waals surface area (Å²) in [6.45, 7) is 0. The molecule has 0 radical (unpaired) electrons. The molecule has 0 bridgehead atoms. The molecule has 0 fully saturated rings. The zero-order valence-corrected chi connectivity index (χ0v) is 5.96. The molecule has 10 heavy (non-hydrogen) atoms. The molecule has 1 aromatic rings. The lowest BCUT2D eigenvalue weighted by molar-refractivity contribution is 0.981. The minimum atomic E-state index is -0.126. The summed E-state index contributed by atoms with van der Waals surface area (Å²) in [6, 6.07) is 1.38. The van der Waals surface area contributed by atoms with Crippen molar-refractivity contribution in [2.75, 3.05) is 19.0 Å². The van der Waals surface area contributed by atoms with Crippen LogP contribution in [0.15, 0.2) is 17.1 Å². The highest BCUT2D eigenvalue weighted by Gasteiger charge is 1.93. The van der Waals surface area contributed by atoms with E-state index < -0.39 is 0 Å². The van der Waals surface area contributed by atoms with E-state index in [1.807, 2.05) is 14.1 Å². The van der Waals surface area contributed by atoms with Crippen LogP contribution in [0.2, 0.25) is 0 Å². The highest BCUT2D eigenvalue weighted by Crippen LogP contribution is 1.93. The fourth-order valence-electron chi connectivity index (χ4n) is 0.587. The van der Waals surface area contributed by atoms with Gasteiger partial charge in [-0.1, -0.05) is 0 Å². The first kappa shape index (κ1) is 6.80. The predicted octanol–water partition coefficient (Wildman–Crippen LogP) is -0.164. The minimum Gasteiger partial charge on any atom is -0.348 e. The number of nitrogens with zero attached hydrogens (tertiary/aromatic N) is 2. The normalized spacial score (nSPS) is 9.40. The molecule has 0 spiro atoms. The molecular formula is C6H9N3O. The molecule has 0 aliphatic rings. The second-order valence-electron chi connectivity index (χ2n) is 2.15. The first-order valence-electron chi connectivity index (χ1n) is 2.93. The molecule has 0 aromatic carbocycles. The summed E-state index contributed by atoms with van der Waals surface area (Å²) >= 11 is 0. The maximum Gasteiger partial charge on any atom is 0.252 e. The zero-order chi connectivity index (χ0) is 7.56. The lowest BCUT2D eigenvalue weighted by Crippen LogP contribution is -2.17. The maximum absolute atomic E-state index is 10.7. The van der Waals surface area contributed by atoms with E-state index in [9.17, 15) is 4.79 Å². The Morgan fingerprint density at radius 3 is 2.70 bits per heavy atom. The summed E-state index contributed by atoms with van der Waals surface area (Å²) in [5, 5.41) is 0. The van der Waals surface area contributed by atoms with Gasteiger partial charge in [-0.25, -0.2) is 4.98 Å². The first-order valence-corrected chi connectivity index (χ1v) is 2.93. The molecule has 0 amide bonds. The molecular weight excluding hydrogens is 130 g/mol. The average Bonchev–Trinajstić information content (AvgIpc) is 1.88. The number of nitrogens with one attached hydrogen (secondary N) is 1. The third-order valence-electron chi connectivity index (χ3n) is 1.08. The maximum atomic E-state index is 10.7. The van der Waals surface area contributed by atoms with E-state index >= 15 is 0 Å². The molecule has 1 rings (SSSR count). The Morgan fingerprint density at radius 2 is 2.30 bits per heavy atom. The van der Waals surface area contributed by atoms with Crippen LogP contribution in [-0.4, -0.2) is 24.1 Å². The van der Waals surface area contributed by atoms with Crippen LogP contribution in [0.3, 0.4) is 0 Å². The average molecular weight is 139 g/mol. The molecule has 1 aromatic heterocycles. The lowest BCUT2D eigenvalue weighted by atomic mass is 10.6. The third-order valence-corrected chi connectivity index (χ3v) is 1.08. The van der Waals surface area contributed by atoms with Crippen molar-refractivity contribution in [1.82, 2.24) is 9.97 Å². The smallest absolute Gasteiger partial charge is 0.252 e. The van der Waals surface area contributed by atoms with Crippen molar-refractivity contribution in [2.45, 2.75) is 0 Å². The summed E-state index contributed by atoms with van der Waals surface area (Å²) in [7, 11) is 3.64. The van der Waals surface area contributed by atoms with Gasteiger partial charge in [0.05, 0.1) is 0 Å². The standard InChI is InChI=1S/C6H9N3O/c1-9(2)6-7-4-3-5(10)8-6/h3-4H,1-2H3,(H,7,8,10). The van der Waals surface area contributed by atoms with Crippen molar-refractivity contribution in [3.05, 3.63) is 22.6 Å². The Kier molecular flexibility index (Phi) is 1.71. The molecule has 1 heterocycles. The van der Waals surface area contributed by atoms with E-state index in [2.05, 4.69) is 9.97 Å². The molecule has 4 nitrogen and oxygen atoms in total. The van der Waals surface area contributed by atoms with Gasteiger partial charge < -0.3 is 4.90 Å². The zero-order valence-electron chi connectivity index (χ0n) is 5.96. The van der Waals surface area contributed by atoms with Gasteiger partial charge >= 0.3 is 0 Å². The van der Waals surface area contributed by atoms with Gasteiger partial charge in [0.15, 0.2) is 0 Å². The second-order valence-corrected chi connectivity index (χ2v) is 2.15. The number of aromatic amines is 1. The summed E-state index contributed by atoms with van der Waals surface area (Å²) in [5.74, 6) is 0.576. The van der Waals surface area contributed by atoms with Gasteiger partial charge in [0.1, 0.15) is 0 Å². The second kappa shape index (κ2) is 2.51. The first-order chi connectivity index (χ1) is 4.70. The van der Waals surface area contributed by atoms with Crippen LogP contribution >= 0.6 is 0 Å². The van der Waals surface area contributed by atoms with Gasteiger partial charge in [-0.2, -0.15) is 0 Å². The van der Waals surface area contributed by atoms with Gasteiger partial charge in [-0.05, 0) is 0 Å². The van der Waals surface area contributed by atoms with Gasteiger partial charge in [0.2, 0.25) is 5.95 Å². The Morgan fingerprint density at radius 1 is 1.60 bits per heavy atom. The van der Waals surface area contributed by atoms with E-state index in [1.165, 1.54) is 12.3 Å². The number of hydrogen-bond acceptors (Lipinski definition) is 3. The van der Waals surface area contributed by atoms with Crippen LogP contribution in [0.1, 0.15) is 0 Å². The van der Waals surface area contributed by atoms with E-state index in [4.69, 9.17) is 0 Å². The lowest BCUT2D eigenvalue weighted by Gasteiger charge is -2.08. The van der Waals surface area contributed by atoms with Gasteiger partial charge in [0, 0.05) is 26.4 Å². The fraction of sp³-hybridized carbons (Fsp3) is 0.333. The Hall–Kier alpha value is -1.32. The van der Waals surface area contributed by atoms with Crippen molar-refractivity contribution in [1.29, 1.82) is 0 Å². The SMILES string of the molecule is CN(C)c1nccc(=O)[nH]1.